The van der Waals surface area contributed by atoms with Gasteiger partial charge in [-0.05, 0) is 17.7 Å². The van der Waals surface area contributed by atoms with E-state index in [0.29, 0.717) is 5.56 Å². The Bertz CT molecular complexity index is 312. The average Bonchev–Trinajstić information content (AvgIpc) is 1.96. The van der Waals surface area contributed by atoms with Crippen LogP contribution < -0.4 is 0 Å². The van der Waals surface area contributed by atoms with Crippen molar-refractivity contribution in [3.63, 3.8) is 0 Å². The summed E-state index contributed by atoms with van der Waals surface area (Å²) >= 11 is 3.51. The van der Waals surface area contributed by atoms with E-state index in [9.17, 15) is 13.6 Å². The molecule has 0 amide bonds. The molecule has 0 unspecified atom stereocenters. The van der Waals surface area contributed by atoms with Gasteiger partial charge >= 0.3 is 0 Å². The van der Waals surface area contributed by atoms with Gasteiger partial charge in [-0.2, -0.15) is 0 Å². The molecule has 1 nitrogen and oxygen atoms in total. The van der Waals surface area contributed by atoms with Gasteiger partial charge in [0.05, 0.1) is 0 Å². The molecule has 12 heavy (non-hydrogen) atoms. The van der Waals surface area contributed by atoms with Gasteiger partial charge in [-0.3, -0.25) is 4.79 Å². The highest BCUT2D eigenvalue weighted by atomic mass is 32.1. The lowest BCUT2D eigenvalue weighted by atomic mass is 10.1. The number of hydrogen-bond acceptors (Lipinski definition) is 1. The van der Waals surface area contributed by atoms with Crippen LogP contribution in [0.5, 0.6) is 0 Å². The first kappa shape index (κ1) is 9.19. The van der Waals surface area contributed by atoms with Gasteiger partial charge in [0.15, 0.2) is 16.7 Å². The highest BCUT2D eigenvalue weighted by molar-refractivity contribution is 7.96. The fraction of sp³-hybridized carbons (Fsp3) is 0.125. The van der Waals surface area contributed by atoms with Gasteiger partial charge < -0.3 is 0 Å². The molecule has 0 saturated carbocycles. The maximum absolute atomic E-state index is 12.5. The Labute approximate surface area is 73.8 Å². The Morgan fingerprint density at radius 2 is 2.00 bits per heavy atom. The first-order valence-electron chi connectivity index (χ1n) is 3.25. The van der Waals surface area contributed by atoms with Crippen LogP contribution in [0.1, 0.15) is 5.56 Å². The Morgan fingerprint density at radius 3 is 2.50 bits per heavy atom. The number of rotatable bonds is 2. The smallest absolute Gasteiger partial charge is 0.190 e. The van der Waals surface area contributed by atoms with Gasteiger partial charge in [-0.15, -0.1) is 12.6 Å². The third-order valence-corrected chi connectivity index (χ3v) is 1.50. The highest BCUT2D eigenvalue weighted by Crippen LogP contribution is 2.09. The molecule has 0 atom stereocenters. The van der Waals surface area contributed by atoms with Crippen molar-refractivity contribution in [3.05, 3.63) is 35.4 Å². The number of benzene rings is 1. The van der Waals surface area contributed by atoms with E-state index < -0.39 is 11.6 Å². The molecule has 1 aromatic rings. The van der Waals surface area contributed by atoms with Crippen LogP contribution in [-0.2, 0) is 11.2 Å². The van der Waals surface area contributed by atoms with Gasteiger partial charge in [0, 0.05) is 6.42 Å². The quantitative estimate of drug-likeness (QED) is 0.702. The molecule has 0 aliphatic heterocycles. The minimum absolute atomic E-state index is 0.0142. The Kier molecular flexibility index (Phi) is 2.81. The number of carbonyl (C=O) groups excluding carboxylic acids is 1. The SMILES string of the molecule is O=C(S)Cc1ccc(F)c(F)c1. The number of hydrogen-bond donors (Lipinski definition) is 1. The predicted molar refractivity (Wildman–Crippen MR) is 44.1 cm³/mol. The van der Waals surface area contributed by atoms with Crippen LogP contribution in [0.15, 0.2) is 18.2 Å². The predicted octanol–water partition coefficient (Wildman–Crippen LogP) is 1.96. The largest absolute Gasteiger partial charge is 0.287 e. The summed E-state index contributed by atoms with van der Waals surface area (Å²) in [5, 5.41) is -0.374. The topological polar surface area (TPSA) is 17.1 Å². The van der Waals surface area contributed by atoms with E-state index in [2.05, 4.69) is 12.6 Å². The minimum atomic E-state index is -0.943. The molecule has 0 aromatic heterocycles. The van der Waals surface area contributed by atoms with Gasteiger partial charge in [0.2, 0.25) is 0 Å². The fourth-order valence-electron chi connectivity index (χ4n) is 0.824. The maximum Gasteiger partial charge on any atom is 0.190 e. The van der Waals surface area contributed by atoms with Crippen molar-refractivity contribution in [2.75, 3.05) is 0 Å². The van der Waals surface area contributed by atoms with E-state index in [1.165, 1.54) is 6.07 Å². The van der Waals surface area contributed by atoms with Crippen LogP contribution >= 0.6 is 12.6 Å². The standard InChI is InChI=1S/C8H6F2OS/c9-6-2-1-5(3-7(6)10)4-8(11)12/h1-3H,4H2,(H,11,12). The first-order valence-corrected chi connectivity index (χ1v) is 3.70. The summed E-state index contributed by atoms with van der Waals surface area (Å²) in [4.78, 5) is 10.5. The zero-order chi connectivity index (χ0) is 9.14. The Hall–Kier alpha value is -0.900. The first-order chi connectivity index (χ1) is 5.59. The minimum Gasteiger partial charge on any atom is -0.287 e. The van der Waals surface area contributed by atoms with Gasteiger partial charge in [-0.1, -0.05) is 6.07 Å². The molecule has 1 aromatic carbocycles. The molecule has 0 bridgehead atoms. The number of halogens is 2. The average molecular weight is 188 g/mol. The molecular weight excluding hydrogens is 182 g/mol. The third kappa shape index (κ3) is 2.30. The summed E-state index contributed by atoms with van der Waals surface area (Å²) in [5.74, 6) is -1.85. The Morgan fingerprint density at radius 1 is 1.33 bits per heavy atom. The maximum atomic E-state index is 12.5. The lowest BCUT2D eigenvalue weighted by molar-refractivity contribution is -0.110. The van der Waals surface area contributed by atoms with Gasteiger partial charge in [0.25, 0.3) is 0 Å². The second kappa shape index (κ2) is 3.67. The summed E-state index contributed by atoms with van der Waals surface area (Å²) < 4.78 is 24.9. The summed E-state index contributed by atoms with van der Waals surface area (Å²) in [6.07, 6.45) is 0.0142. The van der Waals surface area contributed by atoms with Gasteiger partial charge in [0.1, 0.15) is 0 Å². The molecule has 0 N–H and O–H groups in total. The molecule has 0 aliphatic rings. The van der Waals surface area contributed by atoms with Crippen LogP contribution in [-0.4, -0.2) is 5.12 Å². The molecule has 0 saturated heterocycles. The highest BCUT2D eigenvalue weighted by Gasteiger charge is 2.03. The Balaban J connectivity index is 2.89. The molecule has 64 valence electrons. The summed E-state index contributed by atoms with van der Waals surface area (Å²) in [5.41, 5.74) is 0.425. The van der Waals surface area contributed by atoms with Crippen molar-refractivity contribution >= 4 is 17.7 Å². The zero-order valence-electron chi connectivity index (χ0n) is 6.05. The third-order valence-electron chi connectivity index (χ3n) is 1.34. The van der Waals surface area contributed by atoms with Crippen LogP contribution in [0, 0.1) is 11.6 Å². The van der Waals surface area contributed by atoms with Crippen LogP contribution in [0.4, 0.5) is 8.78 Å². The molecule has 0 fully saturated rings. The molecule has 0 aliphatic carbocycles. The van der Waals surface area contributed by atoms with Crippen LogP contribution in [0.2, 0.25) is 0 Å². The van der Waals surface area contributed by atoms with E-state index in [1.54, 1.807) is 0 Å². The van der Waals surface area contributed by atoms with E-state index >= 15 is 0 Å². The lowest BCUT2D eigenvalue weighted by Crippen LogP contribution is -1.95. The number of carbonyl (C=O) groups is 1. The zero-order valence-corrected chi connectivity index (χ0v) is 6.94. The van der Waals surface area contributed by atoms with Gasteiger partial charge in [-0.25, -0.2) is 8.78 Å². The van der Waals surface area contributed by atoms with E-state index in [-0.39, 0.29) is 11.5 Å². The van der Waals surface area contributed by atoms with E-state index in [1.807, 2.05) is 0 Å². The van der Waals surface area contributed by atoms with E-state index in [4.69, 9.17) is 0 Å². The molecule has 0 spiro atoms. The molecule has 0 radical (unpaired) electrons. The molecular formula is C8H6F2OS. The number of thiol groups is 1. The molecule has 4 heteroatoms. The summed E-state index contributed by atoms with van der Waals surface area (Å²) in [7, 11) is 0. The normalized spacial score (nSPS) is 9.92. The molecule has 1 rings (SSSR count). The lowest BCUT2D eigenvalue weighted by Gasteiger charge is -1.97. The van der Waals surface area contributed by atoms with Crippen LogP contribution in [0.3, 0.4) is 0 Å². The van der Waals surface area contributed by atoms with E-state index in [0.717, 1.165) is 12.1 Å². The summed E-state index contributed by atoms with van der Waals surface area (Å²) in [6.45, 7) is 0. The second-order valence-corrected chi connectivity index (χ2v) is 2.82. The van der Waals surface area contributed by atoms with Crippen molar-refractivity contribution in [1.82, 2.24) is 0 Å². The second-order valence-electron chi connectivity index (χ2n) is 2.32. The van der Waals surface area contributed by atoms with Crippen molar-refractivity contribution in [1.29, 1.82) is 0 Å². The van der Waals surface area contributed by atoms with Crippen molar-refractivity contribution < 1.29 is 13.6 Å². The monoisotopic (exact) mass is 188 g/mol. The molecule has 0 heterocycles. The van der Waals surface area contributed by atoms with Crippen molar-refractivity contribution in [2.24, 2.45) is 0 Å². The fourth-order valence-corrected chi connectivity index (χ4v) is 1.01. The summed E-state index contributed by atoms with van der Waals surface area (Å²) in [6, 6.07) is 3.33. The van der Waals surface area contributed by atoms with Crippen LogP contribution in [0.25, 0.3) is 0 Å². The van der Waals surface area contributed by atoms with Crippen molar-refractivity contribution in [2.45, 2.75) is 6.42 Å². The van der Waals surface area contributed by atoms with Crippen molar-refractivity contribution in [3.8, 4) is 0 Å².